The van der Waals surface area contributed by atoms with Gasteiger partial charge in [-0.1, -0.05) is 48.9 Å². The molecule has 2 rings (SSSR count). The molecule has 27 heavy (non-hydrogen) atoms. The molecule has 1 aromatic rings. The summed E-state index contributed by atoms with van der Waals surface area (Å²) in [5.74, 6) is -3.23. The van der Waals surface area contributed by atoms with Gasteiger partial charge in [-0.25, -0.2) is 0 Å². The topological polar surface area (TPSA) is 69.7 Å². The lowest BCUT2D eigenvalue weighted by Crippen LogP contribution is -2.40. The summed E-state index contributed by atoms with van der Waals surface area (Å²) in [6.07, 6.45) is 6.58. The van der Waals surface area contributed by atoms with E-state index in [1.807, 2.05) is 42.5 Å². The maximum Gasteiger partial charge on any atom is 0.320 e. The lowest BCUT2D eigenvalue weighted by molar-refractivity contribution is -0.164. The van der Waals surface area contributed by atoms with Crippen molar-refractivity contribution in [3.63, 3.8) is 0 Å². The van der Waals surface area contributed by atoms with Gasteiger partial charge in [0, 0.05) is 18.3 Å². The second-order valence-corrected chi connectivity index (χ2v) is 6.65. The van der Waals surface area contributed by atoms with Crippen LogP contribution >= 0.6 is 0 Å². The third-order valence-corrected chi connectivity index (χ3v) is 4.84. The minimum Gasteiger partial charge on any atom is -0.465 e. The predicted molar refractivity (Wildman–Crippen MR) is 103 cm³/mol. The van der Waals surface area contributed by atoms with E-state index in [-0.39, 0.29) is 24.9 Å². The molecule has 1 aliphatic carbocycles. The van der Waals surface area contributed by atoms with Crippen molar-refractivity contribution in [3.05, 3.63) is 42.0 Å². The molecule has 1 saturated carbocycles. The van der Waals surface area contributed by atoms with Crippen LogP contribution in [0.1, 0.15) is 45.1 Å². The second kappa shape index (κ2) is 10.7. The van der Waals surface area contributed by atoms with Gasteiger partial charge in [-0.05, 0) is 32.3 Å². The molecule has 0 spiro atoms. The van der Waals surface area contributed by atoms with Gasteiger partial charge in [0.25, 0.3) is 0 Å². The van der Waals surface area contributed by atoms with Crippen LogP contribution in [-0.4, -0.2) is 30.9 Å². The van der Waals surface area contributed by atoms with Crippen molar-refractivity contribution in [1.82, 2.24) is 0 Å². The van der Waals surface area contributed by atoms with E-state index < -0.39 is 23.8 Å². The van der Waals surface area contributed by atoms with E-state index in [1.165, 1.54) is 0 Å². The summed E-state index contributed by atoms with van der Waals surface area (Å²) in [6.45, 7) is 3.73. The van der Waals surface area contributed by atoms with E-state index in [4.69, 9.17) is 9.47 Å². The normalized spacial score (nSPS) is 18.5. The van der Waals surface area contributed by atoms with E-state index in [0.717, 1.165) is 18.4 Å². The van der Waals surface area contributed by atoms with Crippen LogP contribution in [-0.2, 0) is 23.9 Å². The van der Waals surface area contributed by atoms with Crippen molar-refractivity contribution in [2.24, 2.45) is 17.8 Å². The summed E-state index contributed by atoms with van der Waals surface area (Å²) >= 11 is 0. The Morgan fingerprint density at radius 1 is 1.07 bits per heavy atom. The number of hydrogen-bond donors (Lipinski definition) is 0. The highest BCUT2D eigenvalue weighted by Gasteiger charge is 2.43. The van der Waals surface area contributed by atoms with Gasteiger partial charge in [0.1, 0.15) is 5.78 Å². The molecule has 2 atom stereocenters. The van der Waals surface area contributed by atoms with E-state index >= 15 is 0 Å². The zero-order valence-corrected chi connectivity index (χ0v) is 16.1. The first-order valence-corrected chi connectivity index (χ1v) is 9.67. The number of Topliss-reactive ketones (excluding diaryl/α,β-unsaturated/α-hetero) is 1. The molecule has 146 valence electrons. The van der Waals surface area contributed by atoms with Crippen molar-refractivity contribution >= 4 is 23.8 Å². The molecule has 0 N–H and O–H groups in total. The van der Waals surface area contributed by atoms with E-state index in [9.17, 15) is 14.4 Å². The van der Waals surface area contributed by atoms with Gasteiger partial charge in [0.15, 0.2) is 5.92 Å². The number of ketones is 1. The fraction of sp³-hybridized carbons (Fsp3) is 0.500. The van der Waals surface area contributed by atoms with Crippen LogP contribution in [0.2, 0.25) is 0 Å². The van der Waals surface area contributed by atoms with Crippen LogP contribution in [0.25, 0.3) is 6.08 Å². The minimum absolute atomic E-state index is 0.0996. The fourth-order valence-electron chi connectivity index (χ4n) is 3.56. The molecular weight excluding hydrogens is 344 g/mol. The molecule has 0 saturated heterocycles. The quantitative estimate of drug-likeness (QED) is 0.512. The molecule has 0 heterocycles. The standard InChI is InChI=1S/C22H28O5/c1-3-26-21(24)20(22(25)27-4-2)18(17-12-8-9-13-19(17)23)15-14-16-10-6-5-7-11-16/h5-7,10-11,14-15,17-18,20H,3-4,8-9,12-13H2,1-2H3/b15-14+/t17-,18-/m0/s1. The molecule has 0 amide bonds. The molecule has 5 heteroatoms. The van der Waals surface area contributed by atoms with Crippen LogP contribution in [0, 0.1) is 17.8 Å². The number of ether oxygens (including phenoxy) is 2. The van der Waals surface area contributed by atoms with Crippen molar-refractivity contribution in [2.45, 2.75) is 39.5 Å². The van der Waals surface area contributed by atoms with Crippen LogP contribution < -0.4 is 0 Å². The molecule has 1 fully saturated rings. The third kappa shape index (κ3) is 5.78. The van der Waals surface area contributed by atoms with Gasteiger partial charge in [-0.2, -0.15) is 0 Å². The van der Waals surface area contributed by atoms with E-state index in [2.05, 4.69) is 0 Å². The number of hydrogen-bond acceptors (Lipinski definition) is 5. The first-order valence-electron chi connectivity index (χ1n) is 9.67. The monoisotopic (exact) mass is 372 g/mol. The Kier molecular flexibility index (Phi) is 8.24. The Bertz CT molecular complexity index is 647. The summed E-state index contributed by atoms with van der Waals surface area (Å²) in [5, 5.41) is 0. The summed E-state index contributed by atoms with van der Waals surface area (Å²) in [7, 11) is 0. The summed E-state index contributed by atoms with van der Waals surface area (Å²) < 4.78 is 10.3. The molecule has 1 aromatic carbocycles. The van der Waals surface area contributed by atoms with E-state index in [1.54, 1.807) is 13.8 Å². The molecule has 5 nitrogen and oxygen atoms in total. The van der Waals surface area contributed by atoms with Gasteiger partial charge >= 0.3 is 11.9 Å². The Labute approximate surface area is 160 Å². The average Bonchev–Trinajstić information content (AvgIpc) is 2.67. The highest BCUT2D eigenvalue weighted by atomic mass is 16.6. The molecule has 0 unspecified atom stereocenters. The van der Waals surface area contributed by atoms with Crippen molar-refractivity contribution in [3.8, 4) is 0 Å². The Hall–Kier alpha value is -2.43. The highest BCUT2D eigenvalue weighted by molar-refractivity contribution is 5.97. The molecule has 1 aliphatic rings. The van der Waals surface area contributed by atoms with Gasteiger partial charge in [0.05, 0.1) is 13.2 Å². The first-order chi connectivity index (χ1) is 13.1. The molecule has 0 bridgehead atoms. The average molecular weight is 372 g/mol. The lowest BCUT2D eigenvalue weighted by atomic mass is 9.73. The van der Waals surface area contributed by atoms with Gasteiger partial charge in [-0.15, -0.1) is 0 Å². The summed E-state index contributed by atoms with van der Waals surface area (Å²) in [4.78, 5) is 37.8. The summed E-state index contributed by atoms with van der Waals surface area (Å²) in [6, 6.07) is 9.60. The fourth-order valence-corrected chi connectivity index (χ4v) is 3.56. The number of carbonyl (C=O) groups is 3. The molecular formula is C22H28O5. The van der Waals surface area contributed by atoms with Crippen molar-refractivity contribution in [1.29, 1.82) is 0 Å². The number of benzene rings is 1. The number of allylic oxidation sites excluding steroid dienone is 1. The largest absolute Gasteiger partial charge is 0.465 e. The van der Waals surface area contributed by atoms with Gasteiger partial charge in [0.2, 0.25) is 0 Å². The second-order valence-electron chi connectivity index (χ2n) is 6.65. The minimum atomic E-state index is -1.13. The van der Waals surface area contributed by atoms with Gasteiger partial charge in [-0.3, -0.25) is 14.4 Å². The van der Waals surface area contributed by atoms with Crippen LogP contribution in [0.3, 0.4) is 0 Å². The van der Waals surface area contributed by atoms with Crippen molar-refractivity contribution < 1.29 is 23.9 Å². The predicted octanol–water partition coefficient (Wildman–Crippen LogP) is 3.82. The Morgan fingerprint density at radius 2 is 1.70 bits per heavy atom. The number of carbonyl (C=O) groups excluding carboxylic acids is 3. The van der Waals surface area contributed by atoms with Crippen LogP contribution in [0.5, 0.6) is 0 Å². The molecule has 0 radical (unpaired) electrons. The summed E-state index contributed by atoms with van der Waals surface area (Å²) in [5.41, 5.74) is 0.942. The van der Waals surface area contributed by atoms with Gasteiger partial charge < -0.3 is 9.47 Å². The third-order valence-electron chi connectivity index (χ3n) is 4.84. The maximum atomic E-state index is 12.6. The van der Waals surface area contributed by atoms with Crippen LogP contribution in [0.4, 0.5) is 0 Å². The first kappa shape index (κ1) is 20.9. The molecule has 0 aromatic heterocycles. The van der Waals surface area contributed by atoms with E-state index in [0.29, 0.717) is 12.8 Å². The number of rotatable bonds is 8. The Balaban J connectivity index is 2.39. The highest BCUT2D eigenvalue weighted by Crippen LogP contribution is 2.34. The van der Waals surface area contributed by atoms with Crippen molar-refractivity contribution in [2.75, 3.05) is 13.2 Å². The Morgan fingerprint density at radius 3 is 2.26 bits per heavy atom. The smallest absolute Gasteiger partial charge is 0.320 e. The van der Waals surface area contributed by atoms with Crippen LogP contribution in [0.15, 0.2) is 36.4 Å². The zero-order valence-electron chi connectivity index (χ0n) is 16.1. The zero-order chi connectivity index (χ0) is 19.6. The SMILES string of the molecule is CCOC(=O)C(C(=O)OCC)[C@@H](/C=C/c1ccccc1)[C@@H]1CCCCC1=O. The molecule has 0 aliphatic heterocycles. The maximum absolute atomic E-state index is 12.6. The number of esters is 2. The lowest BCUT2D eigenvalue weighted by Gasteiger charge is -2.31.